The molecule has 0 bridgehead atoms. The summed E-state index contributed by atoms with van der Waals surface area (Å²) in [6.45, 7) is 4.80. The first-order valence-electron chi connectivity index (χ1n) is 7.61. The van der Waals surface area contributed by atoms with Crippen molar-refractivity contribution in [3.63, 3.8) is 0 Å². The minimum atomic E-state index is -0.613. The number of amides is 1. The molecule has 0 aliphatic carbocycles. The number of carbonyl (C=O) groups excluding carboxylic acids is 1. The Hall–Kier alpha value is -2.25. The van der Waals surface area contributed by atoms with Crippen LogP contribution in [-0.2, 0) is 4.74 Å². The van der Waals surface area contributed by atoms with Crippen LogP contribution in [0.3, 0.4) is 0 Å². The molecule has 7 heteroatoms. The number of ether oxygens (including phenoxy) is 1. The topological polar surface area (TPSA) is 80.5 Å². The van der Waals surface area contributed by atoms with Crippen molar-refractivity contribution in [2.75, 3.05) is 19.8 Å². The van der Waals surface area contributed by atoms with Gasteiger partial charge in [-0.25, -0.2) is 0 Å². The SMILES string of the molecule is Cc1ccc(-n2nccn2)c(C(=O)N2CC(C)COC2CO)c1. The van der Waals surface area contributed by atoms with E-state index in [1.807, 2.05) is 32.0 Å². The number of rotatable bonds is 3. The fourth-order valence-corrected chi connectivity index (χ4v) is 2.73. The molecule has 122 valence electrons. The van der Waals surface area contributed by atoms with Crippen LogP contribution in [0.25, 0.3) is 5.69 Å². The lowest BCUT2D eigenvalue weighted by atomic mass is 10.1. The summed E-state index contributed by atoms with van der Waals surface area (Å²) in [5.74, 6) is 0.0319. The number of aromatic nitrogens is 3. The Labute approximate surface area is 134 Å². The van der Waals surface area contributed by atoms with E-state index in [4.69, 9.17) is 4.74 Å². The second-order valence-corrected chi connectivity index (χ2v) is 5.87. The zero-order chi connectivity index (χ0) is 16.4. The fourth-order valence-electron chi connectivity index (χ4n) is 2.73. The number of hydrogen-bond acceptors (Lipinski definition) is 5. The molecular weight excluding hydrogens is 296 g/mol. The highest BCUT2D eigenvalue weighted by Gasteiger charge is 2.32. The summed E-state index contributed by atoms with van der Waals surface area (Å²) in [5, 5.41) is 17.7. The van der Waals surface area contributed by atoms with Gasteiger partial charge in [-0.1, -0.05) is 18.6 Å². The molecule has 1 N–H and O–H groups in total. The first-order chi connectivity index (χ1) is 11.1. The predicted octanol–water partition coefficient (Wildman–Crippen LogP) is 1.00. The van der Waals surface area contributed by atoms with E-state index in [1.165, 1.54) is 4.80 Å². The molecule has 1 aliphatic heterocycles. The molecule has 1 aliphatic rings. The van der Waals surface area contributed by atoms with Gasteiger partial charge in [-0.15, -0.1) is 0 Å². The van der Waals surface area contributed by atoms with Crippen molar-refractivity contribution in [2.45, 2.75) is 20.1 Å². The summed E-state index contributed by atoms with van der Waals surface area (Å²) in [6.07, 6.45) is 2.52. The molecule has 7 nitrogen and oxygen atoms in total. The van der Waals surface area contributed by atoms with Crippen molar-refractivity contribution in [1.29, 1.82) is 0 Å². The Bertz CT molecular complexity index is 687. The van der Waals surface area contributed by atoms with Crippen molar-refractivity contribution in [1.82, 2.24) is 19.9 Å². The van der Waals surface area contributed by atoms with Crippen LogP contribution < -0.4 is 0 Å². The zero-order valence-electron chi connectivity index (χ0n) is 13.2. The second-order valence-electron chi connectivity index (χ2n) is 5.87. The Morgan fingerprint density at radius 3 is 2.83 bits per heavy atom. The van der Waals surface area contributed by atoms with Crippen molar-refractivity contribution in [2.24, 2.45) is 5.92 Å². The smallest absolute Gasteiger partial charge is 0.258 e. The lowest BCUT2D eigenvalue weighted by molar-refractivity contribution is -0.118. The van der Waals surface area contributed by atoms with E-state index in [0.29, 0.717) is 24.4 Å². The number of hydrogen-bond donors (Lipinski definition) is 1. The maximum atomic E-state index is 13.0. The van der Waals surface area contributed by atoms with Crippen molar-refractivity contribution in [3.05, 3.63) is 41.7 Å². The zero-order valence-corrected chi connectivity index (χ0v) is 13.2. The lowest BCUT2D eigenvalue weighted by Crippen LogP contribution is -2.51. The van der Waals surface area contributed by atoms with Crippen LogP contribution in [0.2, 0.25) is 0 Å². The highest BCUT2D eigenvalue weighted by Crippen LogP contribution is 2.22. The molecule has 3 rings (SSSR count). The number of benzene rings is 1. The van der Waals surface area contributed by atoms with Crippen molar-refractivity contribution < 1.29 is 14.6 Å². The quantitative estimate of drug-likeness (QED) is 0.914. The highest BCUT2D eigenvalue weighted by atomic mass is 16.5. The summed E-state index contributed by atoms with van der Waals surface area (Å²) in [7, 11) is 0. The molecule has 2 heterocycles. The van der Waals surface area contributed by atoms with E-state index in [0.717, 1.165) is 5.56 Å². The molecule has 0 saturated carbocycles. The standard InChI is InChI=1S/C16H20N4O3/c1-11-3-4-14(20-17-5-6-18-20)13(7-11)16(22)19-8-12(2)10-23-15(19)9-21/h3-7,12,15,21H,8-10H2,1-2H3. The number of aryl methyl sites for hydroxylation is 1. The van der Waals surface area contributed by atoms with Gasteiger partial charge < -0.3 is 14.7 Å². The molecule has 2 unspecified atom stereocenters. The summed E-state index contributed by atoms with van der Waals surface area (Å²) < 4.78 is 5.57. The van der Waals surface area contributed by atoms with Gasteiger partial charge >= 0.3 is 0 Å². The number of carbonyl (C=O) groups is 1. The van der Waals surface area contributed by atoms with Crippen LogP contribution >= 0.6 is 0 Å². The molecule has 2 atom stereocenters. The van der Waals surface area contributed by atoms with Crippen molar-refractivity contribution >= 4 is 5.91 Å². The fraction of sp³-hybridized carbons (Fsp3) is 0.438. The molecule has 1 aromatic carbocycles. The third-order valence-electron chi connectivity index (χ3n) is 3.86. The van der Waals surface area contributed by atoms with Crippen LogP contribution in [-0.4, -0.2) is 56.9 Å². The van der Waals surface area contributed by atoms with Gasteiger partial charge in [-0.3, -0.25) is 4.79 Å². The average Bonchev–Trinajstić information content (AvgIpc) is 3.08. The molecule has 0 radical (unpaired) electrons. The van der Waals surface area contributed by atoms with Gasteiger partial charge in [0.1, 0.15) is 0 Å². The van der Waals surface area contributed by atoms with Crippen LogP contribution in [0.1, 0.15) is 22.8 Å². The van der Waals surface area contributed by atoms with Crippen molar-refractivity contribution in [3.8, 4) is 5.69 Å². The molecule has 2 aromatic rings. The monoisotopic (exact) mass is 316 g/mol. The molecule has 1 amide bonds. The highest BCUT2D eigenvalue weighted by molar-refractivity contribution is 5.98. The second kappa shape index (κ2) is 6.47. The van der Waals surface area contributed by atoms with Crippen LogP contribution in [0.15, 0.2) is 30.6 Å². The number of aliphatic hydroxyl groups is 1. The Morgan fingerprint density at radius 1 is 1.39 bits per heavy atom. The summed E-state index contributed by atoms with van der Waals surface area (Å²) >= 11 is 0. The summed E-state index contributed by atoms with van der Waals surface area (Å²) in [4.78, 5) is 16.1. The average molecular weight is 316 g/mol. The van der Waals surface area contributed by atoms with E-state index in [9.17, 15) is 9.90 Å². The van der Waals surface area contributed by atoms with Gasteiger partial charge in [0.05, 0.1) is 36.9 Å². The number of aliphatic hydroxyl groups excluding tert-OH is 1. The Balaban J connectivity index is 1.99. The maximum absolute atomic E-state index is 13.0. The summed E-state index contributed by atoms with van der Waals surface area (Å²) in [6, 6.07) is 5.55. The molecule has 1 aromatic heterocycles. The van der Waals surface area contributed by atoms with Gasteiger partial charge in [0.15, 0.2) is 6.23 Å². The van der Waals surface area contributed by atoms with E-state index < -0.39 is 6.23 Å². The normalized spacial score (nSPS) is 21.4. The van der Waals surface area contributed by atoms with Crippen LogP contribution in [0.5, 0.6) is 0 Å². The first kappa shape index (κ1) is 15.6. The molecule has 0 spiro atoms. The van der Waals surface area contributed by atoms with Gasteiger partial charge in [0.25, 0.3) is 5.91 Å². The van der Waals surface area contributed by atoms with Crippen LogP contribution in [0.4, 0.5) is 0 Å². The van der Waals surface area contributed by atoms with Gasteiger partial charge in [-0.05, 0) is 25.0 Å². The predicted molar refractivity (Wildman–Crippen MR) is 83.1 cm³/mol. The van der Waals surface area contributed by atoms with E-state index in [-0.39, 0.29) is 18.4 Å². The maximum Gasteiger partial charge on any atom is 0.258 e. The van der Waals surface area contributed by atoms with E-state index >= 15 is 0 Å². The van der Waals surface area contributed by atoms with Gasteiger partial charge in [0, 0.05) is 6.54 Å². The molecule has 1 saturated heterocycles. The van der Waals surface area contributed by atoms with E-state index in [2.05, 4.69) is 10.2 Å². The molecular formula is C16H20N4O3. The third kappa shape index (κ3) is 3.11. The Morgan fingerprint density at radius 2 is 2.13 bits per heavy atom. The molecule has 1 fully saturated rings. The first-order valence-corrected chi connectivity index (χ1v) is 7.61. The number of nitrogens with zero attached hydrogens (tertiary/aromatic N) is 4. The summed E-state index contributed by atoms with van der Waals surface area (Å²) in [5.41, 5.74) is 2.08. The van der Waals surface area contributed by atoms with E-state index in [1.54, 1.807) is 17.3 Å². The van der Waals surface area contributed by atoms with Gasteiger partial charge in [-0.2, -0.15) is 15.0 Å². The lowest BCUT2D eigenvalue weighted by Gasteiger charge is -2.37. The Kier molecular flexibility index (Phi) is 4.40. The minimum Gasteiger partial charge on any atom is -0.392 e. The third-order valence-corrected chi connectivity index (χ3v) is 3.86. The van der Waals surface area contributed by atoms with Gasteiger partial charge in [0.2, 0.25) is 0 Å². The minimum absolute atomic E-state index is 0.188. The van der Waals surface area contributed by atoms with Crippen LogP contribution in [0, 0.1) is 12.8 Å². The molecule has 23 heavy (non-hydrogen) atoms. The largest absolute Gasteiger partial charge is 0.392 e.